The van der Waals surface area contributed by atoms with Gasteiger partial charge in [0.15, 0.2) is 6.61 Å². The maximum absolute atomic E-state index is 11.9. The van der Waals surface area contributed by atoms with Gasteiger partial charge in [0, 0.05) is 4.88 Å². The maximum Gasteiger partial charge on any atom is 0.341 e. The van der Waals surface area contributed by atoms with Gasteiger partial charge >= 0.3 is 5.97 Å². The molecule has 1 atom stereocenters. The second-order valence-corrected chi connectivity index (χ2v) is 6.27. The van der Waals surface area contributed by atoms with Crippen molar-refractivity contribution in [3.8, 4) is 0 Å². The number of carbonyl (C=O) groups excluding carboxylic acids is 2. The van der Waals surface area contributed by atoms with Crippen molar-refractivity contribution in [2.45, 2.75) is 13.0 Å². The number of esters is 1. The lowest BCUT2D eigenvalue weighted by Gasteiger charge is -2.12. The first kappa shape index (κ1) is 16.8. The van der Waals surface area contributed by atoms with Gasteiger partial charge in [-0.2, -0.15) is 0 Å². The van der Waals surface area contributed by atoms with E-state index >= 15 is 0 Å². The van der Waals surface area contributed by atoms with Crippen LogP contribution in [0, 0.1) is 0 Å². The molecule has 116 valence electrons. The summed E-state index contributed by atoms with van der Waals surface area (Å²) in [5, 5.41) is 5.04. The summed E-state index contributed by atoms with van der Waals surface area (Å²) in [6.45, 7) is 1.46. The molecule has 0 bridgehead atoms. The highest BCUT2D eigenvalue weighted by molar-refractivity contribution is 7.10. The summed E-state index contributed by atoms with van der Waals surface area (Å²) in [5.41, 5.74) is 0.0601. The highest BCUT2D eigenvalue weighted by Gasteiger charge is 2.18. The van der Waals surface area contributed by atoms with Gasteiger partial charge in [-0.05, 0) is 30.5 Å². The first-order valence-electron chi connectivity index (χ1n) is 6.43. The largest absolute Gasteiger partial charge is 0.452 e. The van der Waals surface area contributed by atoms with Gasteiger partial charge in [0.05, 0.1) is 21.7 Å². The molecule has 22 heavy (non-hydrogen) atoms. The van der Waals surface area contributed by atoms with Gasteiger partial charge in [0.25, 0.3) is 5.91 Å². The van der Waals surface area contributed by atoms with Crippen molar-refractivity contribution in [1.29, 1.82) is 0 Å². The molecule has 0 saturated carbocycles. The number of nitrogens with one attached hydrogen (secondary N) is 1. The van der Waals surface area contributed by atoms with Crippen LogP contribution in [0.1, 0.15) is 28.2 Å². The Morgan fingerprint density at radius 2 is 1.91 bits per heavy atom. The monoisotopic (exact) mass is 357 g/mol. The van der Waals surface area contributed by atoms with E-state index < -0.39 is 18.5 Å². The Labute approximate surface area is 142 Å². The summed E-state index contributed by atoms with van der Waals surface area (Å²) >= 11 is 13.4. The molecule has 4 nitrogen and oxygen atoms in total. The average molecular weight is 358 g/mol. The van der Waals surface area contributed by atoms with Crippen LogP contribution in [0.2, 0.25) is 10.0 Å². The smallest absolute Gasteiger partial charge is 0.341 e. The van der Waals surface area contributed by atoms with Crippen molar-refractivity contribution in [1.82, 2.24) is 5.32 Å². The summed E-state index contributed by atoms with van der Waals surface area (Å²) in [6, 6.07) is 8.37. The topological polar surface area (TPSA) is 55.4 Å². The molecule has 1 aromatic carbocycles. The summed E-state index contributed by atoms with van der Waals surface area (Å²) < 4.78 is 4.95. The van der Waals surface area contributed by atoms with Crippen molar-refractivity contribution in [2.24, 2.45) is 0 Å². The summed E-state index contributed by atoms with van der Waals surface area (Å²) in [6.07, 6.45) is 0. The van der Waals surface area contributed by atoms with Crippen LogP contribution in [0.25, 0.3) is 0 Å². The predicted molar refractivity (Wildman–Crippen MR) is 87.6 cm³/mol. The molecule has 0 spiro atoms. The minimum absolute atomic E-state index is 0.0601. The fourth-order valence-corrected chi connectivity index (χ4v) is 3.07. The lowest BCUT2D eigenvalue weighted by Crippen LogP contribution is -2.30. The molecule has 7 heteroatoms. The first-order valence-corrected chi connectivity index (χ1v) is 8.06. The molecular weight excluding hydrogens is 345 g/mol. The van der Waals surface area contributed by atoms with Crippen LogP contribution in [0.4, 0.5) is 0 Å². The minimum atomic E-state index is -0.727. The molecule has 1 aromatic heterocycles. The van der Waals surface area contributed by atoms with Crippen LogP contribution in [-0.2, 0) is 9.53 Å². The molecule has 0 saturated heterocycles. The van der Waals surface area contributed by atoms with Crippen molar-refractivity contribution >= 4 is 46.4 Å². The lowest BCUT2D eigenvalue weighted by molar-refractivity contribution is -0.124. The van der Waals surface area contributed by atoms with E-state index in [1.165, 1.54) is 12.1 Å². The van der Waals surface area contributed by atoms with E-state index in [2.05, 4.69) is 5.32 Å². The van der Waals surface area contributed by atoms with E-state index in [1.807, 2.05) is 24.4 Å². The molecular formula is C15H13Cl2NO3S. The van der Waals surface area contributed by atoms with Crippen LogP contribution in [0.5, 0.6) is 0 Å². The number of thiophene rings is 1. The van der Waals surface area contributed by atoms with Gasteiger partial charge in [-0.3, -0.25) is 4.79 Å². The Morgan fingerprint density at radius 3 is 2.50 bits per heavy atom. The number of rotatable bonds is 5. The number of amides is 1. The zero-order chi connectivity index (χ0) is 16.1. The van der Waals surface area contributed by atoms with Gasteiger partial charge in [-0.15, -0.1) is 11.3 Å². The Morgan fingerprint density at radius 1 is 1.23 bits per heavy atom. The van der Waals surface area contributed by atoms with Gasteiger partial charge < -0.3 is 10.1 Å². The van der Waals surface area contributed by atoms with E-state index in [-0.39, 0.29) is 21.7 Å². The van der Waals surface area contributed by atoms with Gasteiger partial charge in [0.2, 0.25) is 0 Å². The number of carbonyl (C=O) groups is 2. The van der Waals surface area contributed by atoms with Crippen LogP contribution in [0.3, 0.4) is 0 Å². The predicted octanol–water partition coefficient (Wildman–Crippen LogP) is 4.09. The molecule has 0 aliphatic heterocycles. The molecule has 1 heterocycles. The van der Waals surface area contributed by atoms with E-state index in [0.717, 1.165) is 4.88 Å². The van der Waals surface area contributed by atoms with Gasteiger partial charge in [0.1, 0.15) is 0 Å². The fourth-order valence-electron chi connectivity index (χ4n) is 1.79. The van der Waals surface area contributed by atoms with Crippen LogP contribution in [0.15, 0.2) is 35.7 Å². The highest BCUT2D eigenvalue weighted by Crippen LogP contribution is 2.25. The third kappa shape index (κ3) is 4.22. The van der Waals surface area contributed by atoms with Crippen LogP contribution < -0.4 is 5.32 Å². The number of halogens is 2. The molecule has 2 rings (SSSR count). The van der Waals surface area contributed by atoms with Crippen molar-refractivity contribution in [2.75, 3.05) is 6.61 Å². The number of benzene rings is 1. The standard InChI is InChI=1S/C15H13Cl2NO3S/c1-9(12-6-3-7-22-12)18-13(19)8-21-15(20)14-10(16)4-2-5-11(14)17/h2-7,9H,8H2,1H3,(H,18,19). The molecule has 1 N–H and O–H groups in total. The van der Waals surface area contributed by atoms with Crippen molar-refractivity contribution in [3.63, 3.8) is 0 Å². The van der Waals surface area contributed by atoms with Crippen molar-refractivity contribution in [3.05, 3.63) is 56.2 Å². The lowest BCUT2D eigenvalue weighted by atomic mass is 10.2. The van der Waals surface area contributed by atoms with E-state index in [4.69, 9.17) is 27.9 Å². The Balaban J connectivity index is 1.90. The highest BCUT2D eigenvalue weighted by atomic mass is 35.5. The zero-order valence-electron chi connectivity index (χ0n) is 11.6. The second kappa shape index (κ2) is 7.63. The Hall–Kier alpha value is -1.56. The van der Waals surface area contributed by atoms with Crippen molar-refractivity contribution < 1.29 is 14.3 Å². The van der Waals surface area contributed by atoms with Gasteiger partial charge in [-0.25, -0.2) is 4.79 Å². The van der Waals surface area contributed by atoms with Gasteiger partial charge in [-0.1, -0.05) is 35.3 Å². The van der Waals surface area contributed by atoms with E-state index in [1.54, 1.807) is 17.4 Å². The fraction of sp³-hybridized carbons (Fsp3) is 0.200. The second-order valence-electron chi connectivity index (χ2n) is 4.48. The quantitative estimate of drug-likeness (QED) is 0.819. The maximum atomic E-state index is 11.9. The SMILES string of the molecule is CC(NC(=O)COC(=O)c1c(Cl)cccc1Cl)c1cccs1. The third-order valence-corrected chi connectivity index (χ3v) is 4.53. The Kier molecular flexibility index (Phi) is 5.83. The molecule has 0 aliphatic rings. The molecule has 1 unspecified atom stereocenters. The molecule has 0 aliphatic carbocycles. The van der Waals surface area contributed by atoms with E-state index in [0.29, 0.717) is 0 Å². The van der Waals surface area contributed by atoms with Crippen LogP contribution >= 0.6 is 34.5 Å². The Bertz CT molecular complexity index is 653. The summed E-state index contributed by atoms with van der Waals surface area (Å²) in [5.74, 6) is -1.12. The third-order valence-electron chi connectivity index (χ3n) is 2.85. The molecule has 1 amide bonds. The summed E-state index contributed by atoms with van der Waals surface area (Å²) in [7, 11) is 0. The number of ether oxygens (including phenoxy) is 1. The minimum Gasteiger partial charge on any atom is -0.452 e. The first-order chi connectivity index (χ1) is 10.5. The zero-order valence-corrected chi connectivity index (χ0v) is 14.0. The number of hydrogen-bond donors (Lipinski definition) is 1. The average Bonchev–Trinajstić information content (AvgIpc) is 2.99. The number of hydrogen-bond acceptors (Lipinski definition) is 4. The van der Waals surface area contributed by atoms with E-state index in [9.17, 15) is 9.59 Å². The molecule has 0 radical (unpaired) electrons. The summed E-state index contributed by atoms with van der Waals surface area (Å²) in [4.78, 5) is 24.8. The molecule has 0 fully saturated rings. The molecule has 2 aromatic rings. The normalized spacial score (nSPS) is 11.8. The van der Waals surface area contributed by atoms with Crippen LogP contribution in [-0.4, -0.2) is 18.5 Å².